The predicted molar refractivity (Wildman–Crippen MR) is 70.7 cm³/mol. The maximum Gasteiger partial charge on any atom is 0.123 e. The van der Waals surface area contributed by atoms with Crippen molar-refractivity contribution in [1.82, 2.24) is 19.8 Å². The lowest BCUT2D eigenvalue weighted by Gasteiger charge is -2.23. The molecule has 1 atom stereocenters. The van der Waals surface area contributed by atoms with Crippen molar-refractivity contribution in [3.63, 3.8) is 0 Å². The quantitative estimate of drug-likeness (QED) is 0.812. The number of benzene rings is 1. The number of hydrogen-bond acceptors (Lipinski definition) is 3. The van der Waals surface area contributed by atoms with Crippen LogP contribution in [0.4, 0.5) is 0 Å². The molecule has 1 N–H and O–H groups in total. The Balaban J connectivity index is 2.27. The highest BCUT2D eigenvalue weighted by atomic mass is 15.3. The molecule has 0 aliphatic rings. The average Bonchev–Trinajstić information content (AvgIpc) is 2.66. The molecule has 0 radical (unpaired) electrons. The van der Waals surface area contributed by atoms with Gasteiger partial charge in [0.2, 0.25) is 0 Å². The summed E-state index contributed by atoms with van der Waals surface area (Å²) in [6.45, 7) is 2.98. The summed E-state index contributed by atoms with van der Waals surface area (Å²) in [4.78, 5) is 6.90. The van der Waals surface area contributed by atoms with Gasteiger partial charge in [-0.05, 0) is 33.2 Å². The molecule has 0 aliphatic carbocycles. The maximum absolute atomic E-state index is 4.66. The Morgan fingerprint density at radius 2 is 2.12 bits per heavy atom. The monoisotopic (exact) mass is 232 g/mol. The summed E-state index contributed by atoms with van der Waals surface area (Å²) < 4.78 is 2.16. The molecule has 0 fully saturated rings. The normalized spacial score (nSPS) is 13.5. The number of para-hydroxylation sites is 2. The molecule has 0 bridgehead atoms. The van der Waals surface area contributed by atoms with Crippen LogP contribution in [0.2, 0.25) is 0 Å². The van der Waals surface area contributed by atoms with Gasteiger partial charge in [0.15, 0.2) is 0 Å². The van der Waals surface area contributed by atoms with Crippen molar-refractivity contribution >= 4 is 11.0 Å². The van der Waals surface area contributed by atoms with Crippen LogP contribution < -0.4 is 5.32 Å². The Hall–Kier alpha value is -1.39. The predicted octanol–water partition coefficient (Wildman–Crippen LogP) is 1.57. The van der Waals surface area contributed by atoms with Gasteiger partial charge in [0.25, 0.3) is 0 Å². The number of fused-ring (bicyclic) bond motifs is 1. The summed E-state index contributed by atoms with van der Waals surface area (Å²) in [5.74, 6) is 1.09. The fraction of sp³-hybridized carbons (Fsp3) is 0.462. The summed E-state index contributed by atoms with van der Waals surface area (Å²) in [6, 6.07) is 8.24. The molecule has 2 aromatic rings. The zero-order valence-corrected chi connectivity index (χ0v) is 10.9. The highest BCUT2D eigenvalue weighted by molar-refractivity contribution is 5.75. The third-order valence-corrected chi connectivity index (χ3v) is 3.35. The Morgan fingerprint density at radius 1 is 1.41 bits per heavy atom. The fourth-order valence-corrected chi connectivity index (χ4v) is 1.92. The van der Waals surface area contributed by atoms with E-state index in [9.17, 15) is 0 Å². The van der Waals surface area contributed by atoms with Crippen molar-refractivity contribution in [3.05, 3.63) is 30.1 Å². The van der Waals surface area contributed by atoms with E-state index < -0.39 is 0 Å². The van der Waals surface area contributed by atoms with Crippen molar-refractivity contribution in [1.29, 1.82) is 0 Å². The van der Waals surface area contributed by atoms with E-state index in [0.29, 0.717) is 6.17 Å². The van der Waals surface area contributed by atoms with Gasteiger partial charge in [-0.2, -0.15) is 0 Å². The van der Waals surface area contributed by atoms with E-state index >= 15 is 0 Å². The minimum Gasteiger partial charge on any atom is -0.330 e. The van der Waals surface area contributed by atoms with Crippen LogP contribution >= 0.6 is 0 Å². The largest absolute Gasteiger partial charge is 0.330 e. The van der Waals surface area contributed by atoms with Crippen molar-refractivity contribution in [2.45, 2.75) is 19.6 Å². The lowest BCUT2D eigenvalue weighted by molar-refractivity contribution is 0.216. The zero-order valence-electron chi connectivity index (χ0n) is 10.9. The molecular formula is C13H20N4. The van der Waals surface area contributed by atoms with E-state index in [1.54, 1.807) is 0 Å². The number of nitrogens with one attached hydrogen (secondary N) is 1. The Bertz CT molecular complexity index is 503. The number of nitrogens with zero attached hydrogens (tertiary/aromatic N) is 3. The van der Waals surface area contributed by atoms with Gasteiger partial charge in [-0.15, -0.1) is 0 Å². The summed E-state index contributed by atoms with van der Waals surface area (Å²) in [6.07, 6.45) is 0.342. The van der Waals surface area contributed by atoms with Gasteiger partial charge in [-0.25, -0.2) is 4.98 Å². The Kier molecular flexibility index (Phi) is 3.45. The van der Waals surface area contributed by atoms with Gasteiger partial charge in [-0.1, -0.05) is 12.1 Å². The molecule has 1 heterocycles. The van der Waals surface area contributed by atoms with E-state index in [0.717, 1.165) is 17.9 Å². The summed E-state index contributed by atoms with van der Waals surface area (Å²) >= 11 is 0. The minimum atomic E-state index is 0.342. The average molecular weight is 232 g/mol. The van der Waals surface area contributed by atoms with Crippen LogP contribution in [-0.4, -0.2) is 34.7 Å². The number of aromatic nitrogens is 2. The fourth-order valence-electron chi connectivity index (χ4n) is 1.92. The first-order chi connectivity index (χ1) is 8.13. The van der Waals surface area contributed by atoms with Gasteiger partial charge >= 0.3 is 0 Å². The van der Waals surface area contributed by atoms with Crippen LogP contribution in [-0.2, 0) is 13.6 Å². The minimum absolute atomic E-state index is 0.342. The highest BCUT2D eigenvalue weighted by Gasteiger charge is 2.12. The van der Waals surface area contributed by atoms with Crippen molar-refractivity contribution in [2.75, 3.05) is 14.1 Å². The number of hydrogen-bond donors (Lipinski definition) is 1. The van der Waals surface area contributed by atoms with Crippen LogP contribution in [0.15, 0.2) is 24.3 Å². The van der Waals surface area contributed by atoms with Crippen molar-refractivity contribution in [3.8, 4) is 0 Å². The molecule has 1 unspecified atom stereocenters. The molecule has 0 aliphatic heterocycles. The van der Waals surface area contributed by atoms with Crippen molar-refractivity contribution in [2.24, 2.45) is 7.05 Å². The van der Waals surface area contributed by atoms with Gasteiger partial charge in [0, 0.05) is 7.05 Å². The maximum atomic E-state index is 4.66. The van der Waals surface area contributed by atoms with Crippen LogP contribution in [0.1, 0.15) is 12.7 Å². The standard InChI is InChI=1S/C13H20N4/c1-10(14-2)16(3)9-13-15-11-7-5-6-8-12(11)17(13)4/h5-8,10,14H,9H2,1-4H3. The van der Waals surface area contributed by atoms with Gasteiger partial charge < -0.3 is 9.88 Å². The van der Waals surface area contributed by atoms with E-state index in [1.807, 2.05) is 19.2 Å². The highest BCUT2D eigenvalue weighted by Crippen LogP contribution is 2.15. The van der Waals surface area contributed by atoms with Crippen LogP contribution in [0.5, 0.6) is 0 Å². The first kappa shape index (κ1) is 12.1. The molecule has 2 rings (SSSR count). The topological polar surface area (TPSA) is 33.1 Å². The Labute approximate surface area is 102 Å². The lowest BCUT2D eigenvalue weighted by atomic mass is 10.3. The van der Waals surface area contributed by atoms with E-state index in [2.05, 4.69) is 52.9 Å². The molecule has 92 valence electrons. The SMILES string of the molecule is CNC(C)N(C)Cc1nc2ccccc2n1C. The lowest BCUT2D eigenvalue weighted by Crippen LogP contribution is -2.39. The van der Waals surface area contributed by atoms with Gasteiger partial charge in [0.05, 0.1) is 23.7 Å². The number of aryl methyl sites for hydroxylation is 1. The number of imidazole rings is 1. The molecule has 17 heavy (non-hydrogen) atoms. The molecule has 1 aromatic heterocycles. The third-order valence-electron chi connectivity index (χ3n) is 3.35. The summed E-state index contributed by atoms with van der Waals surface area (Å²) in [7, 11) is 6.14. The van der Waals surface area contributed by atoms with Crippen molar-refractivity contribution < 1.29 is 0 Å². The molecular weight excluding hydrogens is 212 g/mol. The first-order valence-electron chi connectivity index (χ1n) is 5.91. The summed E-state index contributed by atoms with van der Waals surface area (Å²) in [5.41, 5.74) is 2.25. The van der Waals surface area contributed by atoms with Crippen LogP contribution in [0, 0.1) is 0 Å². The molecule has 0 spiro atoms. The molecule has 4 nitrogen and oxygen atoms in total. The van der Waals surface area contributed by atoms with E-state index in [1.165, 1.54) is 5.52 Å². The Morgan fingerprint density at radius 3 is 2.76 bits per heavy atom. The smallest absolute Gasteiger partial charge is 0.123 e. The molecule has 0 amide bonds. The van der Waals surface area contributed by atoms with Crippen LogP contribution in [0.3, 0.4) is 0 Å². The van der Waals surface area contributed by atoms with Gasteiger partial charge in [-0.3, -0.25) is 4.90 Å². The second-order valence-electron chi connectivity index (χ2n) is 4.46. The third kappa shape index (κ3) is 2.33. The molecule has 0 saturated carbocycles. The molecule has 1 aromatic carbocycles. The number of rotatable bonds is 4. The molecule has 0 saturated heterocycles. The second-order valence-corrected chi connectivity index (χ2v) is 4.46. The zero-order chi connectivity index (χ0) is 12.4. The van der Waals surface area contributed by atoms with E-state index in [-0.39, 0.29) is 0 Å². The molecule has 4 heteroatoms. The summed E-state index contributed by atoms with van der Waals surface area (Å²) in [5, 5.41) is 3.23. The van der Waals surface area contributed by atoms with Gasteiger partial charge in [0.1, 0.15) is 5.82 Å². The van der Waals surface area contributed by atoms with Crippen LogP contribution in [0.25, 0.3) is 11.0 Å². The second kappa shape index (κ2) is 4.85. The van der Waals surface area contributed by atoms with E-state index in [4.69, 9.17) is 0 Å². The first-order valence-corrected chi connectivity index (χ1v) is 5.91.